The van der Waals surface area contributed by atoms with Crippen molar-refractivity contribution in [2.45, 2.75) is 32.6 Å². The van der Waals surface area contributed by atoms with E-state index in [2.05, 4.69) is 20.7 Å². The Kier molecular flexibility index (Phi) is 4.44. The predicted octanol–water partition coefficient (Wildman–Crippen LogP) is 4.48. The second-order valence-corrected chi connectivity index (χ2v) is 7.72. The normalized spacial score (nSPS) is 11.5. The van der Waals surface area contributed by atoms with E-state index in [1.807, 2.05) is 33.8 Å². The quantitative estimate of drug-likeness (QED) is 0.868. The van der Waals surface area contributed by atoms with Crippen LogP contribution >= 0.6 is 15.9 Å². The smallest absolute Gasteiger partial charge is 0.261 e. The number of anilines is 1. The summed E-state index contributed by atoms with van der Waals surface area (Å²) in [6, 6.07) is 8.78. The minimum atomic E-state index is -3.58. The van der Waals surface area contributed by atoms with Gasteiger partial charge >= 0.3 is 0 Å². The third-order valence-corrected chi connectivity index (χ3v) is 6.03. The first-order valence-electron chi connectivity index (χ1n) is 6.58. The van der Waals surface area contributed by atoms with Gasteiger partial charge in [-0.25, -0.2) is 8.42 Å². The first-order chi connectivity index (χ1) is 9.72. The number of hydrogen-bond acceptors (Lipinski definition) is 2. The standard InChI is InChI=1S/C16H18BrNO2S/c1-10-5-7-14(8-6-10)21(19,20)18-16-12(3)9-11(2)15(17)13(16)4/h5-9,18H,1-4H3. The fourth-order valence-corrected chi connectivity index (χ4v) is 3.74. The summed E-state index contributed by atoms with van der Waals surface area (Å²) in [5, 5.41) is 0. The third-order valence-electron chi connectivity index (χ3n) is 3.45. The van der Waals surface area contributed by atoms with Crippen LogP contribution in [0.4, 0.5) is 5.69 Å². The molecule has 0 fully saturated rings. The lowest BCUT2D eigenvalue weighted by molar-refractivity contribution is 0.601. The van der Waals surface area contributed by atoms with Gasteiger partial charge < -0.3 is 0 Å². The molecule has 0 atom stereocenters. The lowest BCUT2D eigenvalue weighted by Crippen LogP contribution is -2.15. The van der Waals surface area contributed by atoms with Crippen LogP contribution < -0.4 is 4.72 Å². The maximum absolute atomic E-state index is 12.5. The highest BCUT2D eigenvalue weighted by Gasteiger charge is 2.18. The van der Waals surface area contributed by atoms with Crippen LogP contribution in [0.2, 0.25) is 0 Å². The molecule has 0 aliphatic rings. The highest BCUT2D eigenvalue weighted by atomic mass is 79.9. The molecule has 0 radical (unpaired) electrons. The Morgan fingerprint density at radius 2 is 1.52 bits per heavy atom. The summed E-state index contributed by atoms with van der Waals surface area (Å²) in [6.07, 6.45) is 0. The SMILES string of the molecule is Cc1ccc(S(=O)(=O)Nc2c(C)cc(C)c(Br)c2C)cc1. The van der Waals surface area contributed by atoms with Crippen molar-refractivity contribution in [2.75, 3.05) is 4.72 Å². The fourth-order valence-electron chi connectivity index (χ4n) is 2.23. The predicted molar refractivity (Wildman–Crippen MR) is 90.3 cm³/mol. The van der Waals surface area contributed by atoms with Gasteiger partial charge in [0, 0.05) is 4.47 Å². The van der Waals surface area contributed by atoms with E-state index in [0.29, 0.717) is 5.69 Å². The number of aryl methyl sites for hydroxylation is 3. The molecule has 112 valence electrons. The van der Waals surface area contributed by atoms with Crippen molar-refractivity contribution < 1.29 is 8.42 Å². The minimum absolute atomic E-state index is 0.267. The van der Waals surface area contributed by atoms with E-state index in [0.717, 1.165) is 26.7 Å². The maximum atomic E-state index is 12.5. The zero-order valence-electron chi connectivity index (χ0n) is 12.5. The van der Waals surface area contributed by atoms with Gasteiger partial charge in [-0.1, -0.05) is 39.7 Å². The Bertz CT molecular complexity index is 781. The van der Waals surface area contributed by atoms with Crippen LogP contribution in [0.3, 0.4) is 0 Å². The number of hydrogen-bond donors (Lipinski definition) is 1. The van der Waals surface area contributed by atoms with E-state index in [1.54, 1.807) is 24.3 Å². The monoisotopic (exact) mass is 367 g/mol. The number of sulfonamides is 1. The van der Waals surface area contributed by atoms with Gasteiger partial charge in [0.1, 0.15) is 0 Å². The molecule has 1 N–H and O–H groups in total. The first-order valence-corrected chi connectivity index (χ1v) is 8.86. The molecule has 2 aromatic rings. The molecule has 0 aromatic heterocycles. The van der Waals surface area contributed by atoms with Crippen molar-refractivity contribution >= 4 is 31.6 Å². The van der Waals surface area contributed by atoms with Crippen LogP contribution in [-0.2, 0) is 10.0 Å². The summed E-state index contributed by atoms with van der Waals surface area (Å²) >= 11 is 3.50. The molecular formula is C16H18BrNO2S. The second-order valence-electron chi connectivity index (χ2n) is 5.24. The van der Waals surface area contributed by atoms with Crippen molar-refractivity contribution in [3.63, 3.8) is 0 Å². The van der Waals surface area contributed by atoms with Crippen molar-refractivity contribution in [2.24, 2.45) is 0 Å². The molecule has 21 heavy (non-hydrogen) atoms. The molecule has 0 unspecified atom stereocenters. The van der Waals surface area contributed by atoms with Crippen molar-refractivity contribution in [3.05, 3.63) is 57.1 Å². The van der Waals surface area contributed by atoms with E-state index in [1.165, 1.54) is 0 Å². The van der Waals surface area contributed by atoms with Gasteiger partial charge in [-0.2, -0.15) is 0 Å². The van der Waals surface area contributed by atoms with Gasteiger partial charge in [0.05, 0.1) is 10.6 Å². The van der Waals surface area contributed by atoms with E-state index in [-0.39, 0.29) is 4.90 Å². The topological polar surface area (TPSA) is 46.2 Å². The summed E-state index contributed by atoms with van der Waals surface area (Å²) in [4.78, 5) is 0.267. The molecule has 0 bridgehead atoms. The molecule has 3 nitrogen and oxygen atoms in total. The average Bonchev–Trinajstić information content (AvgIpc) is 2.42. The van der Waals surface area contributed by atoms with Crippen LogP contribution in [0.5, 0.6) is 0 Å². The third kappa shape index (κ3) is 3.30. The zero-order chi connectivity index (χ0) is 15.8. The fraction of sp³-hybridized carbons (Fsp3) is 0.250. The number of rotatable bonds is 3. The molecule has 0 spiro atoms. The van der Waals surface area contributed by atoms with Crippen LogP contribution in [0.25, 0.3) is 0 Å². The Hall–Kier alpha value is -1.33. The number of nitrogens with one attached hydrogen (secondary N) is 1. The maximum Gasteiger partial charge on any atom is 0.261 e. The molecule has 0 saturated heterocycles. The molecule has 0 saturated carbocycles. The minimum Gasteiger partial charge on any atom is -0.279 e. The van der Waals surface area contributed by atoms with Crippen LogP contribution in [0.1, 0.15) is 22.3 Å². The van der Waals surface area contributed by atoms with Crippen LogP contribution in [0.15, 0.2) is 39.7 Å². The molecule has 0 aliphatic carbocycles. The molecular weight excluding hydrogens is 350 g/mol. The van der Waals surface area contributed by atoms with Gasteiger partial charge in [0.15, 0.2) is 0 Å². The van der Waals surface area contributed by atoms with Crippen molar-refractivity contribution in [1.29, 1.82) is 0 Å². The average molecular weight is 368 g/mol. The molecule has 0 amide bonds. The van der Waals surface area contributed by atoms with Crippen LogP contribution in [0, 0.1) is 27.7 Å². The Morgan fingerprint density at radius 1 is 0.952 bits per heavy atom. The van der Waals surface area contributed by atoms with Gasteiger partial charge in [-0.05, 0) is 56.5 Å². The van der Waals surface area contributed by atoms with Gasteiger partial charge in [-0.3, -0.25) is 4.72 Å². The van der Waals surface area contributed by atoms with Gasteiger partial charge in [0.25, 0.3) is 10.0 Å². The second kappa shape index (κ2) is 5.81. The lowest BCUT2D eigenvalue weighted by atomic mass is 10.1. The van der Waals surface area contributed by atoms with Gasteiger partial charge in [-0.15, -0.1) is 0 Å². The summed E-state index contributed by atoms with van der Waals surface area (Å²) in [5.74, 6) is 0. The molecule has 2 aromatic carbocycles. The van der Waals surface area contributed by atoms with E-state index in [4.69, 9.17) is 0 Å². The summed E-state index contributed by atoms with van der Waals surface area (Å²) in [5.41, 5.74) is 4.54. The van der Waals surface area contributed by atoms with E-state index in [9.17, 15) is 8.42 Å². The highest BCUT2D eigenvalue weighted by molar-refractivity contribution is 9.10. The number of benzene rings is 2. The summed E-state index contributed by atoms with van der Waals surface area (Å²) in [6.45, 7) is 7.72. The Balaban J connectivity index is 2.47. The van der Waals surface area contributed by atoms with E-state index < -0.39 is 10.0 Å². The Morgan fingerprint density at radius 3 is 2.10 bits per heavy atom. The van der Waals surface area contributed by atoms with Gasteiger partial charge in [0.2, 0.25) is 0 Å². The zero-order valence-corrected chi connectivity index (χ0v) is 14.9. The lowest BCUT2D eigenvalue weighted by Gasteiger charge is -2.16. The first kappa shape index (κ1) is 16.0. The highest BCUT2D eigenvalue weighted by Crippen LogP contribution is 2.32. The van der Waals surface area contributed by atoms with Crippen molar-refractivity contribution in [3.8, 4) is 0 Å². The van der Waals surface area contributed by atoms with E-state index >= 15 is 0 Å². The van der Waals surface area contributed by atoms with Crippen molar-refractivity contribution in [1.82, 2.24) is 0 Å². The molecule has 2 rings (SSSR count). The molecule has 5 heteroatoms. The van der Waals surface area contributed by atoms with Crippen LogP contribution in [-0.4, -0.2) is 8.42 Å². The largest absolute Gasteiger partial charge is 0.279 e. The Labute approximate surface area is 134 Å². The summed E-state index contributed by atoms with van der Waals surface area (Å²) < 4.78 is 28.6. The molecule has 0 heterocycles. The summed E-state index contributed by atoms with van der Waals surface area (Å²) in [7, 11) is -3.58. The molecule has 0 aliphatic heterocycles. The number of halogens is 1.